The van der Waals surface area contributed by atoms with Gasteiger partial charge in [-0.1, -0.05) is 16.8 Å². The zero-order chi connectivity index (χ0) is 11.0. The Morgan fingerprint density at radius 1 is 1.60 bits per heavy atom. The molecule has 0 saturated carbocycles. The lowest BCUT2D eigenvalue weighted by Gasteiger charge is -1.98. The predicted molar refractivity (Wildman–Crippen MR) is 55.1 cm³/mol. The fourth-order valence-electron chi connectivity index (χ4n) is 1.45. The summed E-state index contributed by atoms with van der Waals surface area (Å²) in [6, 6.07) is 3.32. The maximum atomic E-state index is 10.6. The minimum atomic E-state index is -0.889. The van der Waals surface area contributed by atoms with Crippen molar-refractivity contribution < 1.29 is 14.4 Å². The first-order chi connectivity index (χ1) is 7.08. The Labute approximate surface area is 90.4 Å². The van der Waals surface area contributed by atoms with E-state index in [1.54, 1.807) is 19.1 Å². The van der Waals surface area contributed by atoms with Crippen LogP contribution >= 0.6 is 11.6 Å². The molecule has 1 N–H and O–H groups in total. The molecule has 2 rings (SSSR count). The van der Waals surface area contributed by atoms with Gasteiger partial charge in [0.15, 0.2) is 5.58 Å². The molecule has 0 bridgehead atoms. The lowest BCUT2D eigenvalue weighted by molar-refractivity contribution is -0.136. The Kier molecular flexibility index (Phi) is 2.36. The van der Waals surface area contributed by atoms with Crippen LogP contribution in [-0.2, 0) is 11.2 Å². The van der Waals surface area contributed by atoms with Crippen molar-refractivity contribution in [1.82, 2.24) is 5.16 Å². The van der Waals surface area contributed by atoms with Crippen molar-refractivity contribution >= 4 is 28.5 Å². The molecule has 0 amide bonds. The maximum absolute atomic E-state index is 10.6. The summed E-state index contributed by atoms with van der Waals surface area (Å²) in [7, 11) is 0. The quantitative estimate of drug-likeness (QED) is 0.853. The molecule has 1 aromatic heterocycles. The third kappa shape index (κ3) is 1.80. The molecule has 0 atom stereocenters. The number of carbonyl (C=O) groups is 1. The van der Waals surface area contributed by atoms with Crippen LogP contribution in [0, 0.1) is 6.92 Å². The van der Waals surface area contributed by atoms with Gasteiger partial charge >= 0.3 is 5.97 Å². The highest BCUT2D eigenvalue weighted by atomic mass is 35.5. The maximum Gasteiger partial charge on any atom is 0.307 e. The van der Waals surface area contributed by atoms with Crippen molar-refractivity contribution in [1.29, 1.82) is 0 Å². The average Bonchev–Trinajstić information content (AvgIpc) is 2.47. The summed E-state index contributed by atoms with van der Waals surface area (Å²) >= 11 is 5.93. The van der Waals surface area contributed by atoms with Crippen molar-refractivity contribution in [2.45, 2.75) is 13.3 Å². The number of nitrogens with zero attached hydrogens (tertiary/aromatic N) is 1. The highest BCUT2D eigenvalue weighted by Gasteiger charge is 2.11. The minimum absolute atomic E-state index is 0.0553. The standard InChI is InChI=1S/C10H8ClNO3/c1-5-7-2-6(4-9(13)14)3-8(11)10(7)15-12-5/h2-3H,4H2,1H3,(H,13,14). The molecule has 0 radical (unpaired) electrons. The van der Waals surface area contributed by atoms with E-state index in [1.165, 1.54) is 0 Å². The first-order valence-electron chi connectivity index (χ1n) is 4.34. The number of benzene rings is 1. The van der Waals surface area contributed by atoms with Gasteiger partial charge in [-0.05, 0) is 24.6 Å². The summed E-state index contributed by atoms with van der Waals surface area (Å²) in [5.41, 5.74) is 1.86. The van der Waals surface area contributed by atoms with Gasteiger partial charge in [-0.25, -0.2) is 0 Å². The van der Waals surface area contributed by atoms with Crippen molar-refractivity contribution in [2.75, 3.05) is 0 Å². The normalized spacial score (nSPS) is 10.8. The number of hydrogen-bond acceptors (Lipinski definition) is 3. The number of carboxylic acids is 1. The van der Waals surface area contributed by atoms with E-state index in [-0.39, 0.29) is 6.42 Å². The van der Waals surface area contributed by atoms with Crippen LogP contribution in [0.5, 0.6) is 0 Å². The fourth-order valence-corrected chi connectivity index (χ4v) is 1.73. The molecule has 0 unspecified atom stereocenters. The number of aromatic nitrogens is 1. The van der Waals surface area contributed by atoms with Gasteiger partial charge < -0.3 is 9.63 Å². The molecular formula is C10H8ClNO3. The topological polar surface area (TPSA) is 63.3 Å². The molecule has 1 aromatic carbocycles. The van der Waals surface area contributed by atoms with E-state index in [2.05, 4.69) is 5.16 Å². The van der Waals surface area contributed by atoms with E-state index in [0.717, 1.165) is 5.39 Å². The van der Waals surface area contributed by atoms with Gasteiger partial charge in [0.25, 0.3) is 0 Å². The third-order valence-electron chi connectivity index (χ3n) is 2.12. The van der Waals surface area contributed by atoms with E-state index in [9.17, 15) is 4.79 Å². The molecule has 78 valence electrons. The molecule has 0 aliphatic heterocycles. The Bertz CT molecular complexity index is 533. The van der Waals surface area contributed by atoms with E-state index in [4.69, 9.17) is 21.2 Å². The fraction of sp³-hybridized carbons (Fsp3) is 0.200. The highest BCUT2D eigenvalue weighted by molar-refractivity contribution is 6.35. The van der Waals surface area contributed by atoms with Crippen LogP contribution in [0.4, 0.5) is 0 Å². The van der Waals surface area contributed by atoms with Crippen LogP contribution in [0.2, 0.25) is 5.02 Å². The first kappa shape index (κ1) is 9.98. The van der Waals surface area contributed by atoms with Gasteiger partial charge in [0, 0.05) is 5.39 Å². The van der Waals surface area contributed by atoms with Crippen molar-refractivity contribution in [3.63, 3.8) is 0 Å². The summed E-state index contributed by atoms with van der Waals surface area (Å²) in [6.45, 7) is 1.78. The summed E-state index contributed by atoms with van der Waals surface area (Å²) in [5, 5.41) is 13.6. The Morgan fingerprint density at radius 3 is 3.00 bits per heavy atom. The molecule has 0 aliphatic carbocycles. The number of rotatable bonds is 2. The van der Waals surface area contributed by atoms with E-state index in [0.29, 0.717) is 21.9 Å². The van der Waals surface area contributed by atoms with Crippen molar-refractivity contribution in [2.24, 2.45) is 0 Å². The van der Waals surface area contributed by atoms with Crippen molar-refractivity contribution in [3.05, 3.63) is 28.4 Å². The van der Waals surface area contributed by atoms with Crippen LogP contribution < -0.4 is 0 Å². The predicted octanol–water partition coefficient (Wildman–Crippen LogP) is 2.42. The first-order valence-corrected chi connectivity index (χ1v) is 4.72. The van der Waals surface area contributed by atoms with Gasteiger partial charge in [-0.2, -0.15) is 0 Å². The molecule has 0 spiro atoms. The van der Waals surface area contributed by atoms with Crippen LogP contribution in [0.25, 0.3) is 11.0 Å². The van der Waals surface area contributed by atoms with Gasteiger partial charge in [0.1, 0.15) is 0 Å². The Balaban J connectivity index is 2.59. The molecular weight excluding hydrogens is 218 g/mol. The molecule has 0 saturated heterocycles. The SMILES string of the molecule is Cc1noc2c(Cl)cc(CC(=O)O)cc12. The monoisotopic (exact) mass is 225 g/mol. The molecule has 1 heterocycles. The van der Waals surface area contributed by atoms with Gasteiger partial charge in [-0.15, -0.1) is 0 Å². The van der Waals surface area contributed by atoms with Crippen LogP contribution in [0.3, 0.4) is 0 Å². The van der Waals surface area contributed by atoms with Crippen LogP contribution in [0.15, 0.2) is 16.7 Å². The summed E-state index contributed by atoms with van der Waals surface area (Å²) in [6.07, 6.45) is -0.0553. The minimum Gasteiger partial charge on any atom is -0.481 e. The number of fused-ring (bicyclic) bond motifs is 1. The largest absolute Gasteiger partial charge is 0.481 e. The molecule has 0 fully saturated rings. The smallest absolute Gasteiger partial charge is 0.307 e. The number of carboxylic acid groups (broad SMARTS) is 1. The van der Waals surface area contributed by atoms with E-state index >= 15 is 0 Å². The van der Waals surface area contributed by atoms with Crippen LogP contribution in [-0.4, -0.2) is 16.2 Å². The molecule has 4 nitrogen and oxygen atoms in total. The lowest BCUT2D eigenvalue weighted by Crippen LogP contribution is -1.99. The zero-order valence-corrected chi connectivity index (χ0v) is 8.71. The third-order valence-corrected chi connectivity index (χ3v) is 2.40. The van der Waals surface area contributed by atoms with Gasteiger partial charge in [-0.3, -0.25) is 4.79 Å². The van der Waals surface area contributed by atoms with Gasteiger partial charge in [0.2, 0.25) is 0 Å². The average molecular weight is 226 g/mol. The van der Waals surface area contributed by atoms with Crippen LogP contribution in [0.1, 0.15) is 11.3 Å². The van der Waals surface area contributed by atoms with E-state index in [1.807, 2.05) is 0 Å². The molecule has 0 aliphatic rings. The Hall–Kier alpha value is -1.55. The number of hydrogen-bond donors (Lipinski definition) is 1. The summed E-state index contributed by atoms with van der Waals surface area (Å²) < 4.78 is 5.01. The molecule has 2 aromatic rings. The van der Waals surface area contributed by atoms with E-state index < -0.39 is 5.97 Å². The highest BCUT2D eigenvalue weighted by Crippen LogP contribution is 2.27. The number of aryl methyl sites for hydroxylation is 1. The van der Waals surface area contributed by atoms with Gasteiger partial charge in [0.05, 0.1) is 17.1 Å². The second-order valence-electron chi connectivity index (χ2n) is 3.29. The zero-order valence-electron chi connectivity index (χ0n) is 7.95. The second-order valence-corrected chi connectivity index (χ2v) is 3.70. The number of aliphatic carboxylic acids is 1. The summed E-state index contributed by atoms with van der Waals surface area (Å²) in [5.74, 6) is -0.889. The van der Waals surface area contributed by atoms with Crippen molar-refractivity contribution in [3.8, 4) is 0 Å². The Morgan fingerprint density at radius 2 is 2.33 bits per heavy atom. The number of halogens is 1. The molecule has 5 heteroatoms. The second kappa shape index (κ2) is 3.55. The lowest BCUT2D eigenvalue weighted by atomic mass is 10.1. The molecule has 15 heavy (non-hydrogen) atoms. The summed E-state index contributed by atoms with van der Waals surface area (Å²) in [4.78, 5) is 10.6.